The number of benzene rings is 1. The van der Waals surface area contributed by atoms with Gasteiger partial charge in [-0.2, -0.15) is 0 Å². The lowest BCUT2D eigenvalue weighted by atomic mass is 9.93. The topological polar surface area (TPSA) is 67.4 Å². The molecule has 1 aromatic rings. The molecule has 0 spiro atoms. The minimum atomic E-state index is -0.268. The number of carbonyl (C=O) groups is 2. The lowest BCUT2D eigenvalue weighted by molar-refractivity contribution is -0.140. The maximum atomic E-state index is 11.7. The number of hydrogen-bond donors (Lipinski definition) is 2. The minimum absolute atomic E-state index is 0.00389. The Labute approximate surface area is 131 Å². The second-order valence-electron chi connectivity index (χ2n) is 5.70. The van der Waals surface area contributed by atoms with E-state index in [2.05, 4.69) is 40.5 Å². The molecule has 120 valence electrons. The fraction of sp³-hybridized carbons (Fsp3) is 0.529. The highest BCUT2D eigenvalue weighted by Crippen LogP contribution is 2.37. The Morgan fingerprint density at radius 2 is 2.05 bits per heavy atom. The molecule has 22 heavy (non-hydrogen) atoms. The second-order valence-corrected chi connectivity index (χ2v) is 5.70. The van der Waals surface area contributed by atoms with Gasteiger partial charge in [0.1, 0.15) is 0 Å². The smallest absolute Gasteiger partial charge is 0.305 e. The van der Waals surface area contributed by atoms with Gasteiger partial charge in [-0.15, -0.1) is 0 Å². The molecule has 0 aromatic heterocycles. The number of esters is 1. The molecule has 0 radical (unpaired) electrons. The first-order valence-corrected chi connectivity index (χ1v) is 7.80. The summed E-state index contributed by atoms with van der Waals surface area (Å²) in [7, 11) is 1.36. The van der Waals surface area contributed by atoms with Crippen LogP contribution in [0.3, 0.4) is 0 Å². The zero-order valence-electron chi connectivity index (χ0n) is 13.2. The van der Waals surface area contributed by atoms with Crippen molar-refractivity contribution in [2.75, 3.05) is 19.0 Å². The number of rotatable bonds is 7. The molecular weight excluding hydrogens is 280 g/mol. The molecule has 1 aromatic carbocycles. The number of ether oxygens (including phenoxy) is 1. The van der Waals surface area contributed by atoms with Crippen LogP contribution in [-0.4, -0.2) is 31.6 Å². The summed E-state index contributed by atoms with van der Waals surface area (Å²) in [5.41, 5.74) is 2.53. The number of carbonyl (C=O) groups excluding carboxylic acids is 2. The third kappa shape index (κ3) is 4.23. The van der Waals surface area contributed by atoms with Crippen LogP contribution < -0.4 is 10.6 Å². The highest BCUT2D eigenvalue weighted by Gasteiger charge is 2.27. The molecule has 0 saturated carbocycles. The van der Waals surface area contributed by atoms with Gasteiger partial charge in [0.05, 0.1) is 7.11 Å². The average Bonchev–Trinajstić information content (AvgIpc) is 2.83. The first-order valence-electron chi connectivity index (χ1n) is 7.80. The summed E-state index contributed by atoms with van der Waals surface area (Å²) in [5, 5.41) is 6.41. The van der Waals surface area contributed by atoms with Gasteiger partial charge < -0.3 is 15.4 Å². The Hall–Kier alpha value is -2.04. The van der Waals surface area contributed by atoms with Gasteiger partial charge in [-0.25, -0.2) is 0 Å². The van der Waals surface area contributed by atoms with E-state index in [0.717, 1.165) is 6.42 Å². The molecule has 2 atom stereocenters. The quantitative estimate of drug-likeness (QED) is 0.759. The minimum Gasteiger partial charge on any atom is -0.469 e. The molecule has 1 amide bonds. The molecule has 1 aliphatic rings. The van der Waals surface area contributed by atoms with Crippen LogP contribution in [0.5, 0.6) is 0 Å². The van der Waals surface area contributed by atoms with Crippen molar-refractivity contribution < 1.29 is 14.3 Å². The van der Waals surface area contributed by atoms with Gasteiger partial charge in [0.25, 0.3) is 0 Å². The summed E-state index contributed by atoms with van der Waals surface area (Å²) < 4.78 is 4.55. The van der Waals surface area contributed by atoms with Crippen molar-refractivity contribution in [2.24, 2.45) is 0 Å². The van der Waals surface area contributed by atoms with Gasteiger partial charge in [0.2, 0.25) is 5.91 Å². The Bertz CT molecular complexity index is 530. The zero-order chi connectivity index (χ0) is 15.9. The van der Waals surface area contributed by atoms with Gasteiger partial charge in [-0.3, -0.25) is 9.59 Å². The number of fused-ring (bicyclic) bond motifs is 1. The van der Waals surface area contributed by atoms with Crippen LogP contribution in [0.1, 0.15) is 44.1 Å². The number of methoxy groups -OCH3 is 1. The predicted octanol–water partition coefficient (Wildman–Crippen LogP) is 2.43. The summed E-state index contributed by atoms with van der Waals surface area (Å²) in [6.45, 7) is 2.82. The van der Waals surface area contributed by atoms with Crippen molar-refractivity contribution >= 4 is 17.6 Å². The van der Waals surface area contributed by atoms with Gasteiger partial charge in [-0.1, -0.05) is 18.2 Å². The lowest BCUT2D eigenvalue weighted by Crippen LogP contribution is -2.27. The predicted molar refractivity (Wildman–Crippen MR) is 85.8 cm³/mol. The number of amides is 1. The molecule has 0 bridgehead atoms. The Balaban J connectivity index is 1.70. The van der Waals surface area contributed by atoms with Gasteiger partial charge in [-0.05, 0) is 31.4 Å². The van der Waals surface area contributed by atoms with Crippen LogP contribution in [0.15, 0.2) is 24.3 Å². The number of nitrogens with one attached hydrogen (secondary N) is 2. The van der Waals surface area contributed by atoms with E-state index in [9.17, 15) is 9.59 Å². The van der Waals surface area contributed by atoms with Gasteiger partial charge in [0.15, 0.2) is 0 Å². The largest absolute Gasteiger partial charge is 0.469 e. The molecule has 1 aliphatic heterocycles. The van der Waals surface area contributed by atoms with Crippen LogP contribution in [0.2, 0.25) is 0 Å². The van der Waals surface area contributed by atoms with Crippen molar-refractivity contribution in [1.82, 2.24) is 5.32 Å². The molecule has 2 N–H and O–H groups in total. The van der Waals surface area contributed by atoms with Crippen molar-refractivity contribution in [2.45, 2.75) is 44.6 Å². The van der Waals surface area contributed by atoms with Crippen molar-refractivity contribution in [1.29, 1.82) is 0 Å². The molecule has 0 fully saturated rings. The number of anilines is 1. The third-order valence-corrected chi connectivity index (χ3v) is 4.14. The fourth-order valence-electron chi connectivity index (χ4n) is 2.92. The normalized spacial score (nSPS) is 19.2. The summed E-state index contributed by atoms with van der Waals surface area (Å²) >= 11 is 0. The maximum Gasteiger partial charge on any atom is 0.305 e. The van der Waals surface area contributed by atoms with Crippen LogP contribution in [0.25, 0.3) is 0 Å². The van der Waals surface area contributed by atoms with Crippen molar-refractivity contribution in [3.63, 3.8) is 0 Å². The van der Waals surface area contributed by atoms with Gasteiger partial charge >= 0.3 is 5.97 Å². The van der Waals surface area contributed by atoms with E-state index >= 15 is 0 Å². The standard InChI is InChI=1S/C17H24N2O3/c1-12-13(14-6-3-4-7-15(14)19-12)10-11-18-16(20)8-5-9-17(21)22-2/h3-4,6-7,12-13,19H,5,8-11H2,1-2H3,(H,18,20). The first-order chi connectivity index (χ1) is 10.6. The van der Waals surface area contributed by atoms with E-state index in [-0.39, 0.29) is 11.9 Å². The molecule has 2 rings (SSSR count). The summed E-state index contributed by atoms with van der Waals surface area (Å²) in [4.78, 5) is 22.7. The number of hydrogen-bond acceptors (Lipinski definition) is 4. The average molecular weight is 304 g/mol. The summed E-state index contributed by atoms with van der Waals surface area (Å²) in [5.74, 6) is 0.151. The summed E-state index contributed by atoms with van der Waals surface area (Å²) in [6, 6.07) is 8.71. The highest BCUT2D eigenvalue weighted by molar-refractivity contribution is 5.77. The fourth-order valence-corrected chi connectivity index (χ4v) is 2.92. The van der Waals surface area contributed by atoms with E-state index in [1.54, 1.807) is 0 Å². The van der Waals surface area contributed by atoms with Crippen LogP contribution in [0, 0.1) is 0 Å². The Morgan fingerprint density at radius 1 is 1.27 bits per heavy atom. The van der Waals surface area contributed by atoms with E-state index in [1.165, 1.54) is 18.4 Å². The van der Waals surface area contributed by atoms with Gasteiger partial charge in [0, 0.05) is 37.0 Å². The SMILES string of the molecule is COC(=O)CCCC(=O)NCCC1c2ccccc2NC1C. The highest BCUT2D eigenvalue weighted by atomic mass is 16.5. The van der Waals surface area contributed by atoms with Crippen molar-refractivity contribution in [3.8, 4) is 0 Å². The molecule has 2 unspecified atom stereocenters. The van der Waals surface area contributed by atoms with E-state index in [4.69, 9.17) is 0 Å². The summed E-state index contributed by atoms with van der Waals surface area (Å²) in [6.07, 6.45) is 2.10. The zero-order valence-corrected chi connectivity index (χ0v) is 13.2. The second kappa shape index (κ2) is 7.82. The third-order valence-electron chi connectivity index (χ3n) is 4.14. The van der Waals surface area contributed by atoms with E-state index in [1.807, 2.05) is 6.07 Å². The number of para-hydroxylation sites is 1. The van der Waals surface area contributed by atoms with Crippen LogP contribution in [0.4, 0.5) is 5.69 Å². The lowest BCUT2D eigenvalue weighted by Gasteiger charge is -2.16. The monoisotopic (exact) mass is 304 g/mol. The molecule has 1 heterocycles. The van der Waals surface area contributed by atoms with Crippen molar-refractivity contribution in [3.05, 3.63) is 29.8 Å². The molecule has 0 saturated heterocycles. The maximum absolute atomic E-state index is 11.7. The Kier molecular flexibility index (Phi) is 5.81. The molecule has 5 nitrogen and oxygen atoms in total. The van der Waals surface area contributed by atoms with E-state index in [0.29, 0.717) is 37.8 Å². The van der Waals surface area contributed by atoms with E-state index < -0.39 is 0 Å². The first kappa shape index (κ1) is 16.3. The van der Waals surface area contributed by atoms with Crippen LogP contribution >= 0.6 is 0 Å². The Morgan fingerprint density at radius 3 is 2.82 bits per heavy atom. The molecule has 5 heteroatoms. The molecular formula is C17H24N2O3. The van der Waals surface area contributed by atoms with Crippen LogP contribution in [-0.2, 0) is 14.3 Å². The molecule has 0 aliphatic carbocycles.